The first-order valence-corrected chi connectivity index (χ1v) is 8.84. The number of fused-ring (bicyclic) bond motifs is 1. The average molecular weight is 428 g/mol. The summed E-state index contributed by atoms with van der Waals surface area (Å²) in [7, 11) is 0. The summed E-state index contributed by atoms with van der Waals surface area (Å²) in [6, 6.07) is 20.1. The van der Waals surface area contributed by atoms with Crippen molar-refractivity contribution < 1.29 is 21.8 Å². The summed E-state index contributed by atoms with van der Waals surface area (Å²) < 4.78 is 3.20. The summed E-state index contributed by atoms with van der Waals surface area (Å²) in [6.07, 6.45) is 6.00. The SMILES string of the molecule is O=C1Nc2ccccc2/C1=C\c1cc[n+](Cc2cccc(Br)c2)cc1.[Cl-]. The van der Waals surface area contributed by atoms with Gasteiger partial charge in [0.2, 0.25) is 0 Å². The first kappa shape index (κ1) is 18.4. The highest BCUT2D eigenvalue weighted by Gasteiger charge is 2.23. The highest BCUT2D eigenvalue weighted by Crippen LogP contribution is 2.32. The third kappa shape index (κ3) is 3.87. The van der Waals surface area contributed by atoms with Gasteiger partial charge in [-0.2, -0.15) is 0 Å². The molecular formula is C21H16BrClN2O. The van der Waals surface area contributed by atoms with E-state index >= 15 is 0 Å². The first-order chi connectivity index (χ1) is 12.2. The number of carbonyl (C=O) groups excluding carboxylic acids is 1. The van der Waals surface area contributed by atoms with Crippen LogP contribution in [0.25, 0.3) is 11.6 Å². The molecule has 3 aromatic rings. The zero-order valence-electron chi connectivity index (χ0n) is 13.8. The number of pyridine rings is 1. The molecule has 2 aromatic carbocycles. The lowest BCUT2D eigenvalue weighted by atomic mass is 10.0. The van der Waals surface area contributed by atoms with Crippen LogP contribution in [0.2, 0.25) is 0 Å². The second-order valence-electron chi connectivity index (χ2n) is 5.99. The Balaban J connectivity index is 0.00000196. The average Bonchev–Trinajstić information content (AvgIpc) is 2.92. The number of nitrogens with zero attached hydrogens (tertiary/aromatic N) is 1. The molecule has 1 aliphatic rings. The van der Waals surface area contributed by atoms with Crippen LogP contribution in [0.4, 0.5) is 5.69 Å². The van der Waals surface area contributed by atoms with Crippen LogP contribution in [-0.2, 0) is 11.3 Å². The summed E-state index contributed by atoms with van der Waals surface area (Å²) in [5, 5.41) is 2.90. The fourth-order valence-corrected chi connectivity index (χ4v) is 3.41. The Hall–Kier alpha value is -2.43. The van der Waals surface area contributed by atoms with Crippen molar-refractivity contribution in [3.8, 4) is 0 Å². The van der Waals surface area contributed by atoms with Crippen molar-refractivity contribution in [1.82, 2.24) is 0 Å². The number of hydrogen-bond acceptors (Lipinski definition) is 1. The van der Waals surface area contributed by atoms with Crippen LogP contribution in [0.15, 0.2) is 77.5 Å². The van der Waals surface area contributed by atoms with E-state index in [-0.39, 0.29) is 18.3 Å². The van der Waals surface area contributed by atoms with Gasteiger partial charge in [0.1, 0.15) is 0 Å². The highest BCUT2D eigenvalue weighted by molar-refractivity contribution is 9.10. The van der Waals surface area contributed by atoms with Gasteiger partial charge in [0.25, 0.3) is 5.91 Å². The zero-order valence-corrected chi connectivity index (χ0v) is 16.2. The summed E-state index contributed by atoms with van der Waals surface area (Å²) >= 11 is 3.50. The van der Waals surface area contributed by atoms with Gasteiger partial charge in [0.05, 0.1) is 0 Å². The Morgan fingerprint density at radius 2 is 1.77 bits per heavy atom. The summed E-state index contributed by atoms with van der Waals surface area (Å²) in [5.74, 6) is -0.0490. The Morgan fingerprint density at radius 3 is 2.54 bits per heavy atom. The van der Waals surface area contributed by atoms with Crippen LogP contribution in [0, 0.1) is 0 Å². The number of carbonyl (C=O) groups is 1. The van der Waals surface area contributed by atoms with Crippen molar-refractivity contribution in [2.75, 3.05) is 5.32 Å². The first-order valence-electron chi connectivity index (χ1n) is 8.05. The minimum atomic E-state index is -0.0490. The molecule has 1 amide bonds. The van der Waals surface area contributed by atoms with Gasteiger partial charge in [0.15, 0.2) is 18.9 Å². The monoisotopic (exact) mass is 426 g/mol. The molecule has 1 aromatic heterocycles. The number of halogens is 2. The van der Waals surface area contributed by atoms with E-state index in [1.807, 2.05) is 67.0 Å². The van der Waals surface area contributed by atoms with Gasteiger partial charge in [-0.25, -0.2) is 4.57 Å². The lowest BCUT2D eigenvalue weighted by Gasteiger charge is -2.00. The maximum atomic E-state index is 12.2. The number of hydrogen-bond donors (Lipinski definition) is 1. The molecule has 0 fully saturated rings. The molecule has 5 heteroatoms. The second-order valence-corrected chi connectivity index (χ2v) is 6.91. The Bertz CT molecular complexity index is 983. The summed E-state index contributed by atoms with van der Waals surface area (Å²) in [5.41, 5.74) is 4.78. The van der Waals surface area contributed by atoms with E-state index in [0.717, 1.165) is 27.8 Å². The lowest BCUT2D eigenvalue weighted by Crippen LogP contribution is -3.00. The molecule has 0 saturated heterocycles. The van der Waals surface area contributed by atoms with Crippen molar-refractivity contribution in [1.29, 1.82) is 0 Å². The molecule has 4 rings (SSSR count). The fourth-order valence-electron chi connectivity index (χ4n) is 2.97. The number of aromatic nitrogens is 1. The van der Waals surface area contributed by atoms with Gasteiger partial charge < -0.3 is 17.7 Å². The summed E-state index contributed by atoms with van der Waals surface area (Å²) in [6.45, 7) is 0.805. The molecule has 26 heavy (non-hydrogen) atoms. The Morgan fingerprint density at radius 1 is 1.00 bits per heavy atom. The Kier molecular flexibility index (Phi) is 5.55. The van der Waals surface area contributed by atoms with Crippen LogP contribution >= 0.6 is 15.9 Å². The minimum absolute atomic E-state index is 0. The molecule has 1 aliphatic heterocycles. The molecule has 1 N–H and O–H groups in total. The van der Waals surface area contributed by atoms with Gasteiger partial charge in [0, 0.05) is 39.0 Å². The maximum Gasteiger partial charge on any atom is 0.256 e. The zero-order chi connectivity index (χ0) is 17.2. The largest absolute Gasteiger partial charge is 1.00 e. The van der Waals surface area contributed by atoms with Crippen LogP contribution in [0.1, 0.15) is 16.7 Å². The van der Waals surface area contributed by atoms with Gasteiger partial charge in [-0.05, 0) is 29.8 Å². The number of para-hydroxylation sites is 1. The van der Waals surface area contributed by atoms with Crippen molar-refractivity contribution >= 4 is 39.2 Å². The molecule has 0 saturated carbocycles. The van der Waals surface area contributed by atoms with E-state index in [2.05, 4.69) is 37.9 Å². The van der Waals surface area contributed by atoms with Gasteiger partial charge in [-0.3, -0.25) is 4.79 Å². The van der Waals surface area contributed by atoms with Crippen molar-refractivity contribution in [3.63, 3.8) is 0 Å². The van der Waals surface area contributed by atoms with E-state index in [9.17, 15) is 4.79 Å². The molecule has 2 heterocycles. The number of benzene rings is 2. The quantitative estimate of drug-likeness (QED) is 0.496. The molecule has 0 bridgehead atoms. The predicted octanol–water partition coefficient (Wildman–Crippen LogP) is 1.28. The number of amides is 1. The summed E-state index contributed by atoms with van der Waals surface area (Å²) in [4.78, 5) is 12.2. The number of rotatable bonds is 3. The van der Waals surface area contributed by atoms with Crippen molar-refractivity contribution in [3.05, 3.63) is 94.2 Å². The fraction of sp³-hybridized carbons (Fsp3) is 0.0476. The molecular weight excluding hydrogens is 412 g/mol. The molecule has 3 nitrogen and oxygen atoms in total. The Labute approximate surface area is 166 Å². The van der Waals surface area contributed by atoms with E-state index in [4.69, 9.17) is 0 Å². The predicted molar refractivity (Wildman–Crippen MR) is 103 cm³/mol. The van der Waals surface area contributed by atoms with E-state index in [1.165, 1.54) is 5.56 Å². The van der Waals surface area contributed by atoms with Crippen LogP contribution < -0.4 is 22.3 Å². The van der Waals surface area contributed by atoms with Crippen molar-refractivity contribution in [2.45, 2.75) is 6.54 Å². The smallest absolute Gasteiger partial charge is 0.256 e. The topological polar surface area (TPSA) is 33.0 Å². The molecule has 0 unspecified atom stereocenters. The van der Waals surface area contributed by atoms with Crippen molar-refractivity contribution in [2.24, 2.45) is 0 Å². The molecule has 0 spiro atoms. The minimum Gasteiger partial charge on any atom is -1.00 e. The van der Waals surface area contributed by atoms with E-state index < -0.39 is 0 Å². The molecule has 0 aliphatic carbocycles. The van der Waals surface area contributed by atoms with Gasteiger partial charge in [-0.15, -0.1) is 0 Å². The lowest BCUT2D eigenvalue weighted by molar-refractivity contribution is -0.688. The molecule has 0 atom stereocenters. The third-order valence-corrected chi connectivity index (χ3v) is 4.69. The number of anilines is 1. The van der Waals surface area contributed by atoms with E-state index in [0.29, 0.717) is 5.57 Å². The third-order valence-electron chi connectivity index (χ3n) is 4.19. The second kappa shape index (κ2) is 7.85. The van der Waals surface area contributed by atoms with Gasteiger partial charge >= 0.3 is 0 Å². The van der Waals surface area contributed by atoms with Crippen LogP contribution in [0.3, 0.4) is 0 Å². The van der Waals surface area contributed by atoms with Crippen LogP contribution in [0.5, 0.6) is 0 Å². The highest BCUT2D eigenvalue weighted by atomic mass is 79.9. The maximum absolute atomic E-state index is 12.2. The molecule has 0 radical (unpaired) electrons. The van der Waals surface area contributed by atoms with Gasteiger partial charge in [-0.1, -0.05) is 46.3 Å². The molecule has 130 valence electrons. The normalized spacial score (nSPS) is 13.9. The van der Waals surface area contributed by atoms with Crippen LogP contribution in [-0.4, -0.2) is 5.91 Å². The van der Waals surface area contributed by atoms with E-state index in [1.54, 1.807) is 0 Å². The standard InChI is InChI=1S/C21H15BrN2O.ClH/c22-17-5-3-4-16(12-17)14-24-10-8-15(9-11-24)13-19-18-6-1-2-7-20(18)23-21(19)25;/h1-13H,14H2;1H. The number of nitrogens with one attached hydrogen (secondary N) is 1.